The lowest BCUT2D eigenvalue weighted by Gasteiger charge is -2.30. The molecular formula is C32H40ClNO6. The average Bonchev–Trinajstić information content (AvgIpc) is 2.90. The summed E-state index contributed by atoms with van der Waals surface area (Å²) in [5.74, 6) is 2.01. The molecule has 7 nitrogen and oxygen atoms in total. The van der Waals surface area contributed by atoms with Gasteiger partial charge in [0.25, 0.3) is 0 Å². The Bertz CT molecular complexity index is 1210. The Labute approximate surface area is 242 Å². The van der Waals surface area contributed by atoms with Crippen LogP contribution in [0.3, 0.4) is 0 Å². The largest absolute Gasteiger partial charge is 0.489 e. The molecule has 0 saturated heterocycles. The number of halogens is 1. The molecule has 1 N–H and O–H groups in total. The van der Waals surface area contributed by atoms with Crippen molar-refractivity contribution in [1.29, 1.82) is 0 Å². The van der Waals surface area contributed by atoms with E-state index in [2.05, 4.69) is 12.2 Å². The van der Waals surface area contributed by atoms with E-state index in [1.165, 1.54) is 0 Å². The van der Waals surface area contributed by atoms with Crippen LogP contribution in [0.2, 0.25) is 5.02 Å². The van der Waals surface area contributed by atoms with Crippen molar-refractivity contribution in [3.8, 4) is 17.2 Å². The van der Waals surface area contributed by atoms with Gasteiger partial charge >= 0.3 is 6.09 Å². The topological polar surface area (TPSA) is 75.3 Å². The van der Waals surface area contributed by atoms with Crippen LogP contribution in [0.5, 0.6) is 17.2 Å². The second-order valence-electron chi connectivity index (χ2n) is 10.7. The number of amides is 1. The summed E-state index contributed by atoms with van der Waals surface area (Å²) in [4.78, 5) is 12.4. The van der Waals surface area contributed by atoms with Crippen LogP contribution < -0.4 is 14.8 Å². The smallest absolute Gasteiger partial charge is 0.408 e. The molecule has 0 aliphatic heterocycles. The summed E-state index contributed by atoms with van der Waals surface area (Å²) in [5, 5.41) is 3.46. The standard InChI is InChI=1S/C32H40ClNO6/c1-22(17-30(37-6)29(21-36-5)34-31(35)40-32(2,3)4)27-16-15-26(19-28(27)33)39-25-14-10-13-24(18-25)38-20-23-11-8-7-9-12-23/h7-16,18-19,22,29-30H,17,20-21H2,1-6H3,(H,34,35). The quantitative estimate of drug-likeness (QED) is 0.227. The van der Waals surface area contributed by atoms with Crippen molar-refractivity contribution < 1.29 is 28.5 Å². The van der Waals surface area contributed by atoms with E-state index in [-0.39, 0.29) is 18.6 Å². The van der Waals surface area contributed by atoms with Crippen LogP contribution >= 0.6 is 11.6 Å². The summed E-state index contributed by atoms with van der Waals surface area (Å²) in [5.41, 5.74) is 1.44. The lowest BCUT2D eigenvalue weighted by Crippen LogP contribution is -2.49. The van der Waals surface area contributed by atoms with Crippen LogP contribution in [-0.2, 0) is 20.8 Å². The summed E-state index contributed by atoms with van der Waals surface area (Å²) in [6.07, 6.45) is -0.243. The van der Waals surface area contributed by atoms with E-state index >= 15 is 0 Å². The number of rotatable bonds is 13. The molecule has 0 spiro atoms. The summed E-state index contributed by atoms with van der Waals surface area (Å²) in [6.45, 7) is 8.28. The van der Waals surface area contributed by atoms with Crippen molar-refractivity contribution in [1.82, 2.24) is 5.32 Å². The average molecular weight is 570 g/mol. The zero-order valence-corrected chi connectivity index (χ0v) is 24.9. The van der Waals surface area contributed by atoms with Crippen molar-refractivity contribution in [2.45, 2.75) is 64.4 Å². The van der Waals surface area contributed by atoms with Gasteiger partial charge in [-0.2, -0.15) is 0 Å². The van der Waals surface area contributed by atoms with E-state index in [9.17, 15) is 4.79 Å². The molecular weight excluding hydrogens is 530 g/mol. The molecule has 216 valence electrons. The molecule has 0 aliphatic rings. The fourth-order valence-corrected chi connectivity index (χ4v) is 4.61. The first-order valence-corrected chi connectivity index (χ1v) is 13.7. The number of carbonyl (C=O) groups is 1. The molecule has 0 aromatic heterocycles. The number of methoxy groups -OCH3 is 2. The Morgan fingerprint density at radius 3 is 2.27 bits per heavy atom. The van der Waals surface area contributed by atoms with Crippen molar-refractivity contribution in [2.24, 2.45) is 0 Å². The molecule has 3 aromatic carbocycles. The summed E-state index contributed by atoms with van der Waals surface area (Å²) in [7, 11) is 3.20. The lowest BCUT2D eigenvalue weighted by molar-refractivity contribution is 0.0108. The third-order valence-corrected chi connectivity index (χ3v) is 6.51. The fraction of sp³-hybridized carbons (Fsp3) is 0.406. The fourth-order valence-electron chi connectivity index (χ4n) is 4.26. The number of hydrogen-bond donors (Lipinski definition) is 1. The maximum atomic E-state index is 12.4. The Kier molecular flexibility index (Phi) is 11.7. The molecule has 40 heavy (non-hydrogen) atoms. The molecule has 0 aliphatic carbocycles. The summed E-state index contributed by atoms with van der Waals surface area (Å²) < 4.78 is 28.5. The van der Waals surface area contributed by atoms with Gasteiger partial charge in [-0.3, -0.25) is 0 Å². The predicted octanol–water partition coefficient (Wildman–Crippen LogP) is 7.76. The summed E-state index contributed by atoms with van der Waals surface area (Å²) >= 11 is 6.70. The minimum atomic E-state index is -0.606. The normalized spacial score (nSPS) is 13.7. The van der Waals surface area contributed by atoms with Crippen molar-refractivity contribution in [3.63, 3.8) is 0 Å². The van der Waals surface area contributed by atoms with Gasteiger partial charge in [-0.25, -0.2) is 4.79 Å². The van der Waals surface area contributed by atoms with Gasteiger partial charge in [0.1, 0.15) is 29.5 Å². The zero-order chi connectivity index (χ0) is 29.1. The zero-order valence-electron chi connectivity index (χ0n) is 24.1. The van der Waals surface area contributed by atoms with E-state index < -0.39 is 17.7 Å². The number of benzene rings is 3. The van der Waals surface area contributed by atoms with Gasteiger partial charge in [-0.05, 0) is 68.5 Å². The van der Waals surface area contributed by atoms with Crippen molar-refractivity contribution in [2.75, 3.05) is 20.8 Å². The number of hydrogen-bond acceptors (Lipinski definition) is 6. The van der Waals surface area contributed by atoms with E-state index in [0.717, 1.165) is 11.1 Å². The second-order valence-corrected chi connectivity index (χ2v) is 11.1. The van der Waals surface area contributed by atoms with E-state index in [0.29, 0.717) is 35.3 Å². The van der Waals surface area contributed by atoms with Crippen LogP contribution in [0.25, 0.3) is 0 Å². The van der Waals surface area contributed by atoms with Gasteiger partial charge in [-0.15, -0.1) is 0 Å². The highest BCUT2D eigenvalue weighted by Crippen LogP contribution is 2.34. The third-order valence-electron chi connectivity index (χ3n) is 6.18. The molecule has 0 bridgehead atoms. The van der Waals surface area contributed by atoms with Crippen LogP contribution in [0.1, 0.15) is 51.2 Å². The molecule has 0 heterocycles. The molecule has 1 amide bonds. The molecule has 3 unspecified atom stereocenters. The second kappa shape index (κ2) is 14.9. The molecule has 0 radical (unpaired) electrons. The summed E-state index contributed by atoms with van der Waals surface area (Å²) in [6, 6.07) is 22.8. The van der Waals surface area contributed by atoms with Gasteiger partial charge in [0, 0.05) is 25.3 Å². The van der Waals surface area contributed by atoms with Gasteiger partial charge < -0.3 is 29.0 Å². The van der Waals surface area contributed by atoms with E-state index in [1.54, 1.807) is 20.3 Å². The Morgan fingerprint density at radius 1 is 0.925 bits per heavy atom. The van der Waals surface area contributed by atoms with Crippen LogP contribution in [0.4, 0.5) is 4.79 Å². The van der Waals surface area contributed by atoms with Gasteiger partial charge in [-0.1, -0.05) is 61.0 Å². The number of carbonyl (C=O) groups excluding carboxylic acids is 1. The molecule has 3 rings (SSSR count). The van der Waals surface area contributed by atoms with E-state index in [4.69, 9.17) is 35.3 Å². The molecule has 3 aromatic rings. The van der Waals surface area contributed by atoms with Crippen LogP contribution in [-0.4, -0.2) is 44.7 Å². The third kappa shape index (κ3) is 10.0. The van der Waals surface area contributed by atoms with Gasteiger partial charge in [0.2, 0.25) is 0 Å². The minimum Gasteiger partial charge on any atom is -0.489 e. The molecule has 3 atom stereocenters. The predicted molar refractivity (Wildman–Crippen MR) is 158 cm³/mol. The monoisotopic (exact) mass is 569 g/mol. The van der Waals surface area contributed by atoms with Crippen molar-refractivity contribution in [3.05, 3.63) is 88.9 Å². The minimum absolute atomic E-state index is 0.0287. The Morgan fingerprint density at radius 2 is 1.62 bits per heavy atom. The number of alkyl carbamates (subject to hydrolysis) is 1. The maximum Gasteiger partial charge on any atom is 0.408 e. The van der Waals surface area contributed by atoms with Crippen LogP contribution in [0.15, 0.2) is 72.8 Å². The highest BCUT2D eigenvalue weighted by Gasteiger charge is 2.28. The number of ether oxygens (including phenoxy) is 5. The first-order chi connectivity index (χ1) is 19.1. The van der Waals surface area contributed by atoms with Crippen LogP contribution in [0, 0.1) is 0 Å². The van der Waals surface area contributed by atoms with Crippen molar-refractivity contribution >= 4 is 17.7 Å². The first kappa shape index (κ1) is 31.3. The highest BCUT2D eigenvalue weighted by molar-refractivity contribution is 6.31. The Hall–Kier alpha value is -3.26. The Balaban J connectivity index is 1.63. The molecule has 8 heteroatoms. The SMILES string of the molecule is COCC(NC(=O)OC(C)(C)C)C(CC(C)c1ccc(Oc2cccc(OCc3ccccc3)c2)cc1Cl)OC. The molecule has 0 fully saturated rings. The first-order valence-electron chi connectivity index (χ1n) is 13.3. The lowest BCUT2D eigenvalue weighted by atomic mass is 9.92. The number of nitrogens with one attached hydrogen (secondary N) is 1. The highest BCUT2D eigenvalue weighted by atomic mass is 35.5. The van der Waals surface area contributed by atoms with Gasteiger partial charge in [0.15, 0.2) is 0 Å². The molecule has 0 saturated carbocycles. The maximum absolute atomic E-state index is 12.4. The van der Waals surface area contributed by atoms with Gasteiger partial charge in [0.05, 0.1) is 18.8 Å². The van der Waals surface area contributed by atoms with E-state index in [1.807, 2.05) is 87.5 Å².